The molecule has 0 aromatic heterocycles. The third-order valence-electron chi connectivity index (χ3n) is 3.91. The summed E-state index contributed by atoms with van der Waals surface area (Å²) in [6, 6.07) is 4.52. The molecule has 0 bridgehead atoms. The summed E-state index contributed by atoms with van der Waals surface area (Å²) in [5.41, 5.74) is -0.449. The van der Waals surface area contributed by atoms with Crippen LogP contribution in [0.1, 0.15) is 60.9 Å². The molecule has 116 valence electrons. The molecule has 1 aromatic carbocycles. The second kappa shape index (κ2) is 6.96. The molecule has 0 spiro atoms. The smallest absolute Gasteiger partial charge is 0.349 e. The Kier molecular flexibility index (Phi) is 5.26. The summed E-state index contributed by atoms with van der Waals surface area (Å²) in [6.45, 7) is 0. The van der Waals surface area contributed by atoms with E-state index >= 15 is 0 Å². The van der Waals surface area contributed by atoms with E-state index in [9.17, 15) is 18.0 Å². The van der Waals surface area contributed by atoms with Gasteiger partial charge in [-0.1, -0.05) is 32.1 Å². The monoisotopic (exact) mass is 299 g/mol. The van der Waals surface area contributed by atoms with Crippen molar-refractivity contribution in [2.24, 2.45) is 0 Å². The zero-order valence-corrected chi connectivity index (χ0v) is 11.9. The molecule has 0 atom stereocenters. The van der Waals surface area contributed by atoms with E-state index in [2.05, 4.69) is 5.32 Å². The molecular weight excluding hydrogens is 279 g/mol. The van der Waals surface area contributed by atoms with Crippen molar-refractivity contribution >= 4 is 5.91 Å². The Labute approximate surface area is 122 Å². The number of nitrogens with one attached hydrogen (secondary N) is 1. The van der Waals surface area contributed by atoms with Crippen molar-refractivity contribution in [3.8, 4) is 0 Å². The zero-order chi connectivity index (χ0) is 15.3. The number of rotatable bonds is 2. The van der Waals surface area contributed by atoms with E-state index in [0.717, 1.165) is 37.8 Å². The molecule has 21 heavy (non-hydrogen) atoms. The molecule has 5 heteroatoms. The van der Waals surface area contributed by atoms with Gasteiger partial charge in [-0.15, -0.1) is 0 Å². The minimum Gasteiger partial charge on any atom is -0.349 e. The van der Waals surface area contributed by atoms with Gasteiger partial charge >= 0.3 is 6.18 Å². The lowest BCUT2D eigenvalue weighted by molar-refractivity contribution is -0.137. The molecule has 1 fully saturated rings. The predicted octanol–water partition coefficient (Wildman–Crippen LogP) is 4.55. The largest absolute Gasteiger partial charge is 0.416 e. The van der Waals surface area contributed by atoms with Crippen LogP contribution in [0, 0.1) is 0 Å². The van der Waals surface area contributed by atoms with Crippen molar-refractivity contribution < 1.29 is 18.0 Å². The second-order valence-electron chi connectivity index (χ2n) is 5.59. The van der Waals surface area contributed by atoms with Crippen molar-refractivity contribution in [1.29, 1.82) is 0 Å². The van der Waals surface area contributed by atoms with Gasteiger partial charge in [-0.2, -0.15) is 13.2 Å². The molecule has 1 saturated carbocycles. The summed E-state index contributed by atoms with van der Waals surface area (Å²) in [4.78, 5) is 12.1. The van der Waals surface area contributed by atoms with E-state index in [1.165, 1.54) is 31.4 Å². The van der Waals surface area contributed by atoms with Crippen LogP contribution in [0.25, 0.3) is 0 Å². The molecule has 1 aromatic rings. The highest BCUT2D eigenvalue weighted by atomic mass is 19.4. The molecule has 0 saturated heterocycles. The van der Waals surface area contributed by atoms with Crippen LogP contribution in [0.5, 0.6) is 0 Å². The molecule has 2 nitrogen and oxygen atoms in total. The summed E-state index contributed by atoms with van der Waals surface area (Å²) >= 11 is 0. The summed E-state index contributed by atoms with van der Waals surface area (Å²) in [5, 5.41) is 2.94. The van der Waals surface area contributed by atoms with Crippen molar-refractivity contribution in [3.05, 3.63) is 35.4 Å². The van der Waals surface area contributed by atoms with Crippen LogP contribution in [0.2, 0.25) is 0 Å². The minimum absolute atomic E-state index is 0.139. The molecule has 1 N–H and O–H groups in total. The number of carbonyl (C=O) groups excluding carboxylic acids is 1. The lowest BCUT2D eigenvalue weighted by Crippen LogP contribution is -2.35. The van der Waals surface area contributed by atoms with Gasteiger partial charge in [0.05, 0.1) is 5.56 Å². The standard InChI is InChI=1S/C16H20F3NO/c17-16(18,19)13-10-8-12(9-11-13)15(21)20-14-6-4-2-1-3-5-7-14/h8-11,14H,1-7H2,(H,20,21). The fraction of sp³-hybridized carbons (Fsp3) is 0.562. The van der Waals surface area contributed by atoms with Gasteiger partial charge in [0.25, 0.3) is 5.91 Å². The molecular formula is C16H20F3NO. The first kappa shape index (κ1) is 15.9. The molecule has 2 rings (SSSR count). The van der Waals surface area contributed by atoms with Gasteiger partial charge in [-0.05, 0) is 37.1 Å². The summed E-state index contributed by atoms with van der Waals surface area (Å²) < 4.78 is 37.4. The highest BCUT2D eigenvalue weighted by Gasteiger charge is 2.30. The lowest BCUT2D eigenvalue weighted by Gasteiger charge is -2.21. The first-order chi connectivity index (χ1) is 9.97. The van der Waals surface area contributed by atoms with E-state index in [1.54, 1.807) is 0 Å². The second-order valence-corrected chi connectivity index (χ2v) is 5.59. The maximum absolute atomic E-state index is 12.5. The van der Waals surface area contributed by atoms with Gasteiger partial charge in [-0.25, -0.2) is 0 Å². The van der Waals surface area contributed by atoms with Gasteiger partial charge in [0, 0.05) is 11.6 Å². The number of amides is 1. The third-order valence-corrected chi connectivity index (χ3v) is 3.91. The quantitative estimate of drug-likeness (QED) is 0.853. The average Bonchev–Trinajstić information content (AvgIpc) is 2.41. The summed E-state index contributed by atoms with van der Waals surface area (Å²) in [5.74, 6) is -0.283. The van der Waals surface area contributed by atoms with Gasteiger partial charge in [-0.3, -0.25) is 4.79 Å². The fourth-order valence-electron chi connectivity index (χ4n) is 2.68. The van der Waals surface area contributed by atoms with Crippen LogP contribution in [0.15, 0.2) is 24.3 Å². The topological polar surface area (TPSA) is 29.1 Å². The number of benzene rings is 1. The maximum atomic E-state index is 12.5. The molecule has 0 aliphatic heterocycles. The highest BCUT2D eigenvalue weighted by molar-refractivity contribution is 5.94. The zero-order valence-electron chi connectivity index (χ0n) is 11.9. The van der Waals surface area contributed by atoms with Crippen LogP contribution in [0.3, 0.4) is 0 Å². The van der Waals surface area contributed by atoms with Crippen LogP contribution >= 0.6 is 0 Å². The Balaban J connectivity index is 1.96. The van der Waals surface area contributed by atoms with Gasteiger partial charge in [0.2, 0.25) is 0 Å². The molecule has 0 unspecified atom stereocenters. The van der Waals surface area contributed by atoms with Crippen molar-refractivity contribution in [2.45, 2.75) is 57.2 Å². The minimum atomic E-state index is -4.37. The summed E-state index contributed by atoms with van der Waals surface area (Å²) in [7, 11) is 0. The van der Waals surface area contributed by atoms with Gasteiger partial charge in [0.1, 0.15) is 0 Å². The Morgan fingerprint density at radius 1 is 0.952 bits per heavy atom. The number of carbonyl (C=O) groups is 1. The van der Waals surface area contributed by atoms with Crippen LogP contribution in [-0.2, 0) is 6.18 Å². The Bertz CT molecular complexity index is 459. The first-order valence-corrected chi connectivity index (χ1v) is 7.45. The lowest BCUT2D eigenvalue weighted by atomic mass is 9.96. The van der Waals surface area contributed by atoms with Crippen molar-refractivity contribution in [3.63, 3.8) is 0 Å². The van der Waals surface area contributed by atoms with E-state index in [1.807, 2.05) is 0 Å². The van der Waals surface area contributed by atoms with Crippen LogP contribution in [0.4, 0.5) is 13.2 Å². The van der Waals surface area contributed by atoms with Crippen LogP contribution < -0.4 is 5.32 Å². The van der Waals surface area contributed by atoms with E-state index in [0.29, 0.717) is 0 Å². The summed E-state index contributed by atoms with van der Waals surface area (Å²) in [6.07, 6.45) is 3.35. The Morgan fingerprint density at radius 2 is 1.48 bits per heavy atom. The van der Waals surface area contributed by atoms with Crippen molar-refractivity contribution in [2.75, 3.05) is 0 Å². The third kappa shape index (κ3) is 4.76. The molecule has 0 heterocycles. The first-order valence-electron chi connectivity index (χ1n) is 7.45. The Hall–Kier alpha value is -1.52. The number of hydrogen-bond donors (Lipinski definition) is 1. The van der Waals surface area contributed by atoms with E-state index in [-0.39, 0.29) is 17.5 Å². The van der Waals surface area contributed by atoms with Crippen LogP contribution in [-0.4, -0.2) is 11.9 Å². The molecule has 1 aliphatic rings. The molecule has 0 radical (unpaired) electrons. The maximum Gasteiger partial charge on any atom is 0.416 e. The fourth-order valence-corrected chi connectivity index (χ4v) is 2.68. The number of halogens is 3. The predicted molar refractivity (Wildman–Crippen MR) is 75.0 cm³/mol. The molecule has 1 aliphatic carbocycles. The van der Waals surface area contributed by atoms with Crippen molar-refractivity contribution in [1.82, 2.24) is 5.32 Å². The number of alkyl halides is 3. The molecule has 1 amide bonds. The average molecular weight is 299 g/mol. The van der Waals surface area contributed by atoms with E-state index < -0.39 is 11.7 Å². The van der Waals surface area contributed by atoms with E-state index in [4.69, 9.17) is 0 Å². The Morgan fingerprint density at radius 3 is 2.00 bits per heavy atom. The highest BCUT2D eigenvalue weighted by Crippen LogP contribution is 2.29. The SMILES string of the molecule is O=C(NC1CCCCCCC1)c1ccc(C(F)(F)F)cc1. The number of hydrogen-bond acceptors (Lipinski definition) is 1. The van der Waals surface area contributed by atoms with Gasteiger partial charge < -0.3 is 5.32 Å². The normalized spacial score (nSPS) is 17.9. The van der Waals surface area contributed by atoms with Gasteiger partial charge in [0.15, 0.2) is 0 Å².